The first-order chi connectivity index (χ1) is 34.6. The molecule has 0 spiro atoms. The van der Waals surface area contributed by atoms with E-state index in [0.29, 0.717) is 47.8 Å². The highest BCUT2D eigenvalue weighted by Gasteiger charge is 2.20. The number of pyridine rings is 2. The van der Waals surface area contributed by atoms with Gasteiger partial charge in [0.1, 0.15) is 0 Å². The van der Waals surface area contributed by atoms with Gasteiger partial charge in [-0.05, 0) is 98.2 Å². The minimum absolute atomic E-state index is 0.154. The van der Waals surface area contributed by atoms with E-state index in [1.807, 2.05) is 170 Å². The van der Waals surface area contributed by atoms with Crippen LogP contribution in [0.1, 0.15) is 11.1 Å². The lowest BCUT2D eigenvalue weighted by molar-refractivity contribution is 0.183. The molecule has 0 saturated carbocycles. The number of nitrogens with one attached hydrogen (secondary N) is 1. The maximum atomic E-state index is 13.7. The van der Waals surface area contributed by atoms with Crippen molar-refractivity contribution >= 4 is 39.1 Å². The molecule has 0 aliphatic rings. The van der Waals surface area contributed by atoms with Gasteiger partial charge in [-0.2, -0.15) is 0 Å². The van der Waals surface area contributed by atoms with Crippen LogP contribution in [0.3, 0.4) is 0 Å². The van der Waals surface area contributed by atoms with E-state index in [4.69, 9.17) is 22.3 Å². The smallest absolute Gasteiger partial charge is 0.263 e. The molecule has 356 valence electrons. The molecule has 6 aromatic carbocycles. The summed E-state index contributed by atoms with van der Waals surface area (Å²) in [6.45, 7) is 0.592. The monoisotopic (exact) mass is 960 g/mol. The Hall–Kier alpha value is -8.13. The van der Waals surface area contributed by atoms with Gasteiger partial charge in [0, 0.05) is 69.5 Å². The molecule has 2 atom stereocenters. The summed E-state index contributed by atoms with van der Waals surface area (Å²) in [6, 6.07) is 55.1. The van der Waals surface area contributed by atoms with E-state index < -0.39 is 12.2 Å². The number of benzene rings is 6. The maximum Gasteiger partial charge on any atom is 0.263 e. The molecule has 0 saturated heterocycles. The zero-order valence-corrected chi connectivity index (χ0v) is 40.1. The fourth-order valence-electron chi connectivity index (χ4n) is 8.12. The minimum atomic E-state index is -0.626. The van der Waals surface area contributed by atoms with Crippen molar-refractivity contribution in [2.24, 2.45) is 19.8 Å². The van der Waals surface area contributed by atoms with Crippen molar-refractivity contribution in [3.8, 4) is 44.8 Å². The SMILES string of the molecule is Cn1c(Cl)nc(-c2ccncc2)c(-c2ccc3ccccc3c2)c1=O.Cn1c(NCC(O)Cc2ccccc2)nc(-c2ccncc2)c(-c2ccc3ccccc3c2)c1=O.NCC(O)Cc1ccccc1. The summed E-state index contributed by atoms with van der Waals surface area (Å²) >= 11 is 6.16. The number of halogens is 1. The molecular weight excluding hydrogens is 908 g/mol. The summed E-state index contributed by atoms with van der Waals surface area (Å²) in [5, 5.41) is 27.4. The van der Waals surface area contributed by atoms with Crippen LogP contribution in [0.5, 0.6) is 0 Å². The average molecular weight is 962 g/mol. The summed E-state index contributed by atoms with van der Waals surface area (Å²) in [5.41, 5.74) is 12.5. The third kappa shape index (κ3) is 12.2. The first kappa shape index (κ1) is 49.3. The second-order valence-corrected chi connectivity index (χ2v) is 17.2. The average Bonchev–Trinajstić information content (AvgIpc) is 3.41. The van der Waals surface area contributed by atoms with Crippen LogP contribution < -0.4 is 22.2 Å². The Labute approximate surface area is 416 Å². The predicted molar refractivity (Wildman–Crippen MR) is 286 cm³/mol. The number of nitrogens with zero attached hydrogens (tertiary/aromatic N) is 6. The van der Waals surface area contributed by atoms with Crippen molar-refractivity contribution in [2.75, 3.05) is 18.4 Å². The van der Waals surface area contributed by atoms with Gasteiger partial charge in [0.2, 0.25) is 11.2 Å². The van der Waals surface area contributed by atoms with Crippen molar-refractivity contribution in [3.05, 3.63) is 232 Å². The molecule has 5 N–H and O–H groups in total. The number of aromatic nitrogens is 6. The van der Waals surface area contributed by atoms with Crippen LogP contribution in [-0.4, -0.2) is 64.6 Å². The Kier molecular flexibility index (Phi) is 16.3. The molecule has 4 aromatic heterocycles. The predicted octanol–water partition coefficient (Wildman–Crippen LogP) is 9.54. The number of hydrogen-bond acceptors (Lipinski definition) is 10. The van der Waals surface area contributed by atoms with Crippen molar-refractivity contribution < 1.29 is 10.2 Å². The van der Waals surface area contributed by atoms with Gasteiger partial charge < -0.3 is 21.3 Å². The van der Waals surface area contributed by atoms with Crippen LogP contribution in [0.2, 0.25) is 5.28 Å². The standard InChI is InChI=1S/C29H26N4O2.C20H14ClN3O.C9H13NO/c1-33-28(35)26(24-12-11-21-9-5-6-10-23(21)18-24)27(22-13-15-30-16-14-22)32-29(33)31-19-25(34)17-20-7-3-2-4-8-20;1-24-19(25)17(16-7-6-13-4-2-3-5-15(13)12-16)18(23-20(24)21)14-8-10-22-11-9-14;10-7-9(11)6-8-4-2-1-3-5-8/h2-16,18,25,34H,17,19H2,1H3,(H,31,32);2-12H,1H3;1-5,9,11H,6-7,10H2. The summed E-state index contributed by atoms with van der Waals surface area (Å²) in [7, 11) is 3.32. The van der Waals surface area contributed by atoms with E-state index in [1.54, 1.807) is 38.9 Å². The third-order valence-corrected chi connectivity index (χ3v) is 12.2. The molecule has 0 fully saturated rings. The fraction of sp³-hybridized carbons (Fsp3) is 0.138. The Balaban J connectivity index is 0.000000163. The summed E-state index contributed by atoms with van der Waals surface area (Å²) in [4.78, 5) is 44.1. The number of anilines is 1. The molecule has 2 unspecified atom stereocenters. The minimum Gasteiger partial charge on any atom is -0.391 e. The molecule has 0 bridgehead atoms. The number of hydrogen-bond donors (Lipinski definition) is 4. The number of aliphatic hydroxyl groups is 2. The first-order valence-corrected chi connectivity index (χ1v) is 23.5. The van der Waals surface area contributed by atoms with Gasteiger partial charge in [0.25, 0.3) is 11.1 Å². The molecule has 0 aliphatic carbocycles. The van der Waals surface area contributed by atoms with Gasteiger partial charge in [0.15, 0.2) is 0 Å². The molecule has 71 heavy (non-hydrogen) atoms. The lowest BCUT2D eigenvalue weighted by Crippen LogP contribution is -2.29. The topological polar surface area (TPSA) is 174 Å². The van der Waals surface area contributed by atoms with Gasteiger partial charge >= 0.3 is 0 Å². The highest BCUT2D eigenvalue weighted by molar-refractivity contribution is 6.28. The second kappa shape index (κ2) is 23.5. The van der Waals surface area contributed by atoms with Gasteiger partial charge in [-0.25, -0.2) is 9.97 Å². The van der Waals surface area contributed by atoms with Crippen LogP contribution in [0.15, 0.2) is 204 Å². The molecular formula is C58H53ClN8O4. The van der Waals surface area contributed by atoms with Crippen molar-refractivity contribution in [1.29, 1.82) is 0 Å². The van der Waals surface area contributed by atoms with E-state index in [-0.39, 0.29) is 22.9 Å². The lowest BCUT2D eigenvalue weighted by atomic mass is 9.98. The van der Waals surface area contributed by atoms with Crippen molar-refractivity contribution in [2.45, 2.75) is 25.0 Å². The molecule has 13 heteroatoms. The number of aliphatic hydroxyl groups excluding tert-OH is 2. The highest BCUT2D eigenvalue weighted by atomic mass is 35.5. The van der Waals surface area contributed by atoms with Crippen molar-refractivity contribution in [3.63, 3.8) is 0 Å². The number of rotatable bonds is 12. The number of nitrogens with two attached hydrogens (primary N) is 1. The molecule has 10 rings (SSSR count). The lowest BCUT2D eigenvalue weighted by Gasteiger charge is -2.18. The molecule has 0 amide bonds. The summed E-state index contributed by atoms with van der Waals surface area (Å²) in [6.07, 6.45) is 6.85. The zero-order chi connectivity index (χ0) is 49.7. The molecule has 12 nitrogen and oxygen atoms in total. The Morgan fingerprint density at radius 1 is 0.521 bits per heavy atom. The van der Waals surface area contributed by atoms with Gasteiger partial charge in [-0.1, -0.05) is 133 Å². The molecule has 10 aromatic rings. The van der Waals surface area contributed by atoms with Crippen LogP contribution in [0.25, 0.3) is 66.3 Å². The van der Waals surface area contributed by atoms with Crippen LogP contribution in [-0.2, 0) is 26.9 Å². The van der Waals surface area contributed by atoms with E-state index >= 15 is 0 Å². The zero-order valence-electron chi connectivity index (χ0n) is 39.3. The van der Waals surface area contributed by atoms with Crippen LogP contribution in [0, 0.1) is 0 Å². The Morgan fingerprint density at radius 3 is 1.42 bits per heavy atom. The van der Waals surface area contributed by atoms with E-state index in [0.717, 1.165) is 54.9 Å². The largest absolute Gasteiger partial charge is 0.391 e. The van der Waals surface area contributed by atoms with Gasteiger partial charge in [-0.15, -0.1) is 0 Å². The first-order valence-electron chi connectivity index (χ1n) is 23.1. The Bertz CT molecular complexity index is 3490. The quantitative estimate of drug-likeness (QED) is 0.0864. The molecule has 0 radical (unpaired) electrons. The number of fused-ring (bicyclic) bond motifs is 2. The van der Waals surface area contributed by atoms with Crippen molar-refractivity contribution in [1.82, 2.24) is 29.1 Å². The molecule has 4 heterocycles. The Morgan fingerprint density at radius 2 is 0.944 bits per heavy atom. The summed E-state index contributed by atoms with van der Waals surface area (Å²) in [5.74, 6) is 0.401. The maximum absolute atomic E-state index is 13.7. The van der Waals surface area contributed by atoms with Crippen LogP contribution >= 0.6 is 11.6 Å². The van der Waals surface area contributed by atoms with Gasteiger partial charge in [0.05, 0.1) is 34.7 Å². The van der Waals surface area contributed by atoms with E-state index in [1.165, 1.54) is 9.13 Å². The van der Waals surface area contributed by atoms with Crippen LogP contribution in [0.4, 0.5) is 5.95 Å². The van der Waals surface area contributed by atoms with Gasteiger partial charge in [-0.3, -0.25) is 28.7 Å². The van der Waals surface area contributed by atoms with E-state index in [9.17, 15) is 19.8 Å². The van der Waals surface area contributed by atoms with E-state index in [2.05, 4.69) is 20.3 Å². The molecule has 0 aliphatic heterocycles. The highest BCUT2D eigenvalue weighted by Crippen LogP contribution is 2.32. The second-order valence-electron chi connectivity index (χ2n) is 16.9. The normalized spacial score (nSPS) is 11.7. The fourth-order valence-corrected chi connectivity index (χ4v) is 8.28. The third-order valence-electron chi connectivity index (χ3n) is 11.9. The summed E-state index contributed by atoms with van der Waals surface area (Å²) < 4.78 is 2.86.